The van der Waals surface area contributed by atoms with E-state index in [4.69, 9.17) is 9.47 Å². The maximum absolute atomic E-state index is 12.8. The van der Waals surface area contributed by atoms with Gasteiger partial charge in [0.15, 0.2) is 9.84 Å². The van der Waals surface area contributed by atoms with Gasteiger partial charge in [-0.1, -0.05) is 19.1 Å². The van der Waals surface area contributed by atoms with Crippen LogP contribution in [-0.4, -0.2) is 59.9 Å². The van der Waals surface area contributed by atoms with Gasteiger partial charge in [0.1, 0.15) is 4.90 Å². The van der Waals surface area contributed by atoms with Crippen LogP contribution in [0.2, 0.25) is 0 Å². The van der Waals surface area contributed by atoms with E-state index in [0.29, 0.717) is 6.42 Å². The van der Waals surface area contributed by atoms with Crippen molar-refractivity contribution in [1.82, 2.24) is 14.7 Å². The molecule has 0 aliphatic carbocycles. The third kappa shape index (κ3) is 5.16. The molecule has 0 aliphatic heterocycles. The van der Waals surface area contributed by atoms with Crippen LogP contribution in [0.1, 0.15) is 13.3 Å². The summed E-state index contributed by atoms with van der Waals surface area (Å²) in [5, 5.41) is 0. The summed E-state index contributed by atoms with van der Waals surface area (Å²) in [5.74, 6) is -0.235. The van der Waals surface area contributed by atoms with E-state index in [-0.39, 0.29) is 28.4 Å². The van der Waals surface area contributed by atoms with Gasteiger partial charge in [0.25, 0.3) is 10.0 Å². The van der Waals surface area contributed by atoms with Crippen LogP contribution < -0.4 is 19.1 Å². The molecule has 2 amide bonds. The summed E-state index contributed by atoms with van der Waals surface area (Å²) in [4.78, 5) is 20.4. The highest BCUT2D eigenvalue weighted by molar-refractivity contribution is 7.94. The summed E-state index contributed by atoms with van der Waals surface area (Å²) in [7, 11) is -4.43. The van der Waals surface area contributed by atoms with Crippen molar-refractivity contribution in [2.45, 2.75) is 23.1 Å². The molecule has 0 bridgehead atoms. The Labute approximate surface area is 175 Å². The predicted octanol–water partition coefficient (Wildman–Crippen LogP) is 1.21. The van der Waals surface area contributed by atoms with Crippen LogP contribution in [0.5, 0.6) is 11.8 Å². The molecular weight excluding hydrogens is 436 g/mol. The molecule has 30 heavy (non-hydrogen) atoms. The number of hydrogen-bond acceptors (Lipinski definition) is 9. The Bertz CT molecular complexity index is 1110. The number of anilines is 1. The summed E-state index contributed by atoms with van der Waals surface area (Å²) < 4.78 is 62.3. The number of sulfone groups is 1. The Morgan fingerprint density at radius 3 is 2.07 bits per heavy atom. The predicted molar refractivity (Wildman–Crippen MR) is 108 cm³/mol. The van der Waals surface area contributed by atoms with E-state index in [9.17, 15) is 21.6 Å². The van der Waals surface area contributed by atoms with Gasteiger partial charge in [0, 0.05) is 7.05 Å². The number of nitrogens with zero attached hydrogens (tertiary/aromatic N) is 3. The lowest BCUT2D eigenvalue weighted by atomic mass is 10.4. The number of urea groups is 1. The highest BCUT2D eigenvalue weighted by Crippen LogP contribution is 2.23. The first-order valence-corrected chi connectivity index (χ1v) is 11.8. The van der Waals surface area contributed by atoms with E-state index in [1.54, 1.807) is 6.92 Å². The van der Waals surface area contributed by atoms with Crippen molar-refractivity contribution in [3.63, 3.8) is 0 Å². The van der Waals surface area contributed by atoms with Gasteiger partial charge in [0.05, 0.1) is 30.9 Å². The highest BCUT2D eigenvalue weighted by atomic mass is 32.2. The lowest BCUT2D eigenvalue weighted by Crippen LogP contribution is -2.41. The Morgan fingerprint density at radius 2 is 1.57 bits per heavy atom. The number of carbonyl (C=O) groups is 1. The largest absolute Gasteiger partial charge is 0.481 e. The molecule has 1 aromatic heterocycles. The monoisotopic (exact) mass is 458 g/mol. The van der Waals surface area contributed by atoms with Crippen molar-refractivity contribution in [3.05, 3.63) is 30.3 Å². The number of sulfonamides is 1. The minimum absolute atomic E-state index is 0.0929. The number of nitrogens with one attached hydrogen (secondary N) is 1. The SMILES string of the molecule is CCCS(=O)(=O)c1ccccc1S(=O)(=O)NC(=O)N(C)c1nc(OC)cc(OC)n1. The van der Waals surface area contributed by atoms with Crippen LogP contribution in [0.4, 0.5) is 10.7 Å². The topological polar surface area (TPSA) is 145 Å². The standard InChI is InChI=1S/C17H22N4O7S2/c1-5-10-29(23,24)12-8-6-7-9-13(12)30(25,26)20-17(22)21(2)16-18-14(27-3)11-15(19-16)28-4/h6-9,11H,5,10H2,1-4H3,(H,20,22). The van der Waals surface area contributed by atoms with Crippen molar-refractivity contribution < 1.29 is 31.1 Å². The zero-order valence-electron chi connectivity index (χ0n) is 16.8. The number of methoxy groups -OCH3 is 2. The molecule has 164 valence electrons. The minimum atomic E-state index is -4.51. The van der Waals surface area contributed by atoms with E-state index < -0.39 is 30.8 Å². The molecule has 0 saturated carbocycles. The second-order valence-electron chi connectivity index (χ2n) is 5.99. The molecule has 0 aliphatic rings. The zero-order valence-corrected chi connectivity index (χ0v) is 18.4. The Kier molecular flexibility index (Phi) is 7.21. The fourth-order valence-electron chi connectivity index (χ4n) is 2.39. The van der Waals surface area contributed by atoms with E-state index in [0.717, 1.165) is 11.0 Å². The van der Waals surface area contributed by atoms with Gasteiger partial charge in [-0.3, -0.25) is 4.90 Å². The molecule has 0 atom stereocenters. The lowest BCUT2D eigenvalue weighted by molar-refractivity contribution is 0.251. The third-order valence-electron chi connectivity index (χ3n) is 3.86. The summed E-state index contributed by atoms with van der Waals surface area (Å²) in [6, 6.07) is 5.34. The Balaban J connectivity index is 2.38. The molecule has 1 N–H and O–H groups in total. The Hall–Kier alpha value is -2.93. The molecule has 2 aromatic rings. The highest BCUT2D eigenvalue weighted by Gasteiger charge is 2.29. The second kappa shape index (κ2) is 9.26. The van der Waals surface area contributed by atoms with Crippen LogP contribution in [0.25, 0.3) is 0 Å². The Morgan fingerprint density at radius 1 is 1.03 bits per heavy atom. The number of benzene rings is 1. The first-order valence-electron chi connectivity index (χ1n) is 8.65. The fraction of sp³-hybridized carbons (Fsp3) is 0.353. The molecule has 1 aromatic carbocycles. The minimum Gasteiger partial charge on any atom is -0.481 e. The maximum atomic E-state index is 12.8. The van der Waals surface area contributed by atoms with Gasteiger partial charge >= 0.3 is 6.03 Å². The number of carbonyl (C=O) groups excluding carboxylic acids is 1. The van der Waals surface area contributed by atoms with Gasteiger partial charge in [-0.2, -0.15) is 9.97 Å². The fourth-order valence-corrected chi connectivity index (χ4v) is 5.58. The van der Waals surface area contributed by atoms with E-state index in [1.807, 2.05) is 4.72 Å². The molecule has 11 nitrogen and oxygen atoms in total. The molecule has 0 unspecified atom stereocenters. The van der Waals surface area contributed by atoms with E-state index in [1.165, 1.54) is 45.5 Å². The van der Waals surface area contributed by atoms with E-state index in [2.05, 4.69) is 9.97 Å². The normalized spacial score (nSPS) is 11.6. The molecule has 0 radical (unpaired) electrons. The maximum Gasteiger partial charge on any atom is 0.337 e. The summed E-state index contributed by atoms with van der Waals surface area (Å²) in [6.45, 7) is 1.66. The molecule has 0 spiro atoms. The summed E-state index contributed by atoms with van der Waals surface area (Å²) >= 11 is 0. The first-order chi connectivity index (χ1) is 14.1. The van der Waals surface area contributed by atoms with E-state index >= 15 is 0 Å². The lowest BCUT2D eigenvalue weighted by Gasteiger charge is -2.18. The zero-order chi connectivity index (χ0) is 22.5. The van der Waals surface area contributed by atoms with Crippen LogP contribution >= 0.6 is 0 Å². The third-order valence-corrected chi connectivity index (χ3v) is 7.34. The summed E-state index contributed by atoms with van der Waals surface area (Å²) in [5.41, 5.74) is 0. The van der Waals surface area contributed by atoms with Gasteiger partial charge < -0.3 is 9.47 Å². The van der Waals surface area contributed by atoms with Crippen LogP contribution in [0.3, 0.4) is 0 Å². The van der Waals surface area contributed by atoms with Gasteiger partial charge in [0.2, 0.25) is 17.7 Å². The number of aromatic nitrogens is 2. The van der Waals surface area contributed by atoms with Crippen molar-refractivity contribution in [2.75, 3.05) is 31.9 Å². The van der Waals surface area contributed by atoms with Crippen LogP contribution in [0.15, 0.2) is 40.1 Å². The number of ether oxygens (including phenoxy) is 2. The van der Waals surface area contributed by atoms with Crippen LogP contribution in [0, 0.1) is 0 Å². The van der Waals surface area contributed by atoms with Crippen molar-refractivity contribution >= 4 is 31.8 Å². The molecule has 0 fully saturated rings. The van der Waals surface area contributed by atoms with Gasteiger partial charge in [-0.25, -0.2) is 26.4 Å². The van der Waals surface area contributed by atoms with Crippen LogP contribution in [-0.2, 0) is 19.9 Å². The smallest absolute Gasteiger partial charge is 0.337 e. The molecular formula is C17H22N4O7S2. The second-order valence-corrected chi connectivity index (χ2v) is 9.72. The molecule has 1 heterocycles. The first kappa shape index (κ1) is 23.3. The van der Waals surface area contributed by atoms with Crippen molar-refractivity contribution in [3.8, 4) is 11.8 Å². The molecule has 0 saturated heterocycles. The average Bonchev–Trinajstić information content (AvgIpc) is 2.72. The average molecular weight is 459 g/mol. The molecule has 2 rings (SSSR count). The molecule has 13 heteroatoms. The van der Waals surface area contributed by atoms with Gasteiger partial charge in [-0.05, 0) is 18.6 Å². The van der Waals surface area contributed by atoms with Gasteiger partial charge in [-0.15, -0.1) is 0 Å². The number of rotatable bonds is 8. The van der Waals surface area contributed by atoms with Crippen molar-refractivity contribution in [1.29, 1.82) is 0 Å². The number of amides is 2. The number of hydrogen-bond donors (Lipinski definition) is 1. The quantitative estimate of drug-likeness (QED) is 0.617. The van der Waals surface area contributed by atoms with Crippen molar-refractivity contribution in [2.24, 2.45) is 0 Å². The summed E-state index contributed by atoms with van der Waals surface area (Å²) in [6.07, 6.45) is 0.306.